The third kappa shape index (κ3) is 4.60. The number of fused-ring (bicyclic) bond motifs is 1. The normalized spacial score (nSPS) is 15.5. The number of hydrogen-bond donors (Lipinski definition) is 3. The van der Waals surface area contributed by atoms with Gasteiger partial charge in [0.1, 0.15) is 12.0 Å². The molecular weight excluding hydrogens is 462 g/mol. The second-order valence-corrected chi connectivity index (χ2v) is 8.32. The van der Waals surface area contributed by atoms with Gasteiger partial charge in [-0.1, -0.05) is 6.58 Å². The van der Waals surface area contributed by atoms with E-state index in [4.69, 9.17) is 4.74 Å². The molecule has 0 radical (unpaired) electrons. The molecule has 5 rings (SSSR count). The molecule has 3 N–H and O–H groups in total. The number of benzene rings is 1. The maximum atomic E-state index is 13.1. The Morgan fingerprint density at radius 3 is 2.83 bits per heavy atom. The number of nitrogens with one attached hydrogen (secondary N) is 3. The van der Waals surface area contributed by atoms with Crippen LogP contribution >= 0.6 is 0 Å². The lowest BCUT2D eigenvalue weighted by atomic mass is 10.0. The zero-order chi connectivity index (χ0) is 25.1. The molecule has 4 heterocycles. The largest absolute Gasteiger partial charge is 0.491 e. The first-order valence-corrected chi connectivity index (χ1v) is 11.4. The SMILES string of the molecule is C=CC(=O)Nc1ccc(C(=O)N2CCC[C@@H](Nc3nc4c(OC)c(-c5cn[nH]c5)ncn4n3)C2)cc1. The Balaban J connectivity index is 1.29. The number of aromatic amines is 1. The molecule has 12 nitrogen and oxygen atoms in total. The van der Waals surface area contributed by atoms with Gasteiger partial charge >= 0.3 is 0 Å². The smallest absolute Gasteiger partial charge is 0.253 e. The Hall–Kier alpha value is -4.74. The molecule has 0 spiro atoms. The van der Waals surface area contributed by atoms with Crippen LogP contribution in [-0.4, -0.2) is 72.7 Å². The number of nitrogens with zero attached hydrogens (tertiary/aromatic N) is 6. The van der Waals surface area contributed by atoms with Gasteiger partial charge in [0, 0.05) is 42.1 Å². The topological polar surface area (TPSA) is 142 Å². The molecule has 0 saturated carbocycles. The van der Waals surface area contributed by atoms with E-state index < -0.39 is 0 Å². The minimum absolute atomic E-state index is 0.0152. The molecule has 1 aliphatic heterocycles. The van der Waals surface area contributed by atoms with E-state index in [2.05, 4.69) is 42.5 Å². The fourth-order valence-corrected chi connectivity index (χ4v) is 4.20. The number of piperidine rings is 1. The van der Waals surface area contributed by atoms with Gasteiger partial charge < -0.3 is 20.3 Å². The van der Waals surface area contributed by atoms with Crippen molar-refractivity contribution in [3.8, 4) is 17.0 Å². The van der Waals surface area contributed by atoms with Gasteiger partial charge in [0.25, 0.3) is 5.91 Å². The van der Waals surface area contributed by atoms with Crippen molar-refractivity contribution in [2.45, 2.75) is 18.9 Å². The summed E-state index contributed by atoms with van der Waals surface area (Å²) in [5.41, 5.74) is 3.08. The second kappa shape index (κ2) is 9.86. The fourth-order valence-electron chi connectivity index (χ4n) is 4.20. The number of hydrogen-bond acceptors (Lipinski definition) is 8. The van der Waals surface area contributed by atoms with Crippen LogP contribution in [0.5, 0.6) is 5.75 Å². The number of carbonyl (C=O) groups is 2. The number of amides is 2. The summed E-state index contributed by atoms with van der Waals surface area (Å²) in [4.78, 5) is 35.4. The molecule has 1 aliphatic rings. The summed E-state index contributed by atoms with van der Waals surface area (Å²) in [7, 11) is 1.56. The van der Waals surface area contributed by atoms with Crippen LogP contribution in [0.25, 0.3) is 16.9 Å². The molecule has 12 heteroatoms. The van der Waals surface area contributed by atoms with E-state index >= 15 is 0 Å². The highest BCUT2D eigenvalue weighted by atomic mass is 16.5. The number of methoxy groups -OCH3 is 1. The van der Waals surface area contributed by atoms with Gasteiger partial charge in [0.2, 0.25) is 17.5 Å². The first kappa shape index (κ1) is 23.0. The molecule has 2 amide bonds. The van der Waals surface area contributed by atoms with Gasteiger partial charge in [-0.15, -0.1) is 5.10 Å². The minimum atomic E-state index is -0.300. The molecule has 1 saturated heterocycles. The molecular formula is C24H25N9O3. The maximum absolute atomic E-state index is 13.1. The molecule has 1 aromatic carbocycles. The molecule has 3 aromatic heterocycles. The number of rotatable bonds is 7. The van der Waals surface area contributed by atoms with E-state index in [-0.39, 0.29) is 17.9 Å². The zero-order valence-corrected chi connectivity index (χ0v) is 19.6. The van der Waals surface area contributed by atoms with Crippen LogP contribution in [0.3, 0.4) is 0 Å². The highest BCUT2D eigenvalue weighted by Crippen LogP contribution is 2.30. The number of anilines is 2. The van der Waals surface area contributed by atoms with Crippen molar-refractivity contribution in [2.24, 2.45) is 0 Å². The number of carbonyl (C=O) groups excluding carboxylic acids is 2. The Labute approximate surface area is 206 Å². The Morgan fingerprint density at radius 2 is 2.11 bits per heavy atom. The molecule has 4 aromatic rings. The van der Waals surface area contributed by atoms with Gasteiger partial charge in [0.15, 0.2) is 5.75 Å². The van der Waals surface area contributed by atoms with Crippen LogP contribution in [0, 0.1) is 0 Å². The summed E-state index contributed by atoms with van der Waals surface area (Å²) in [5, 5.41) is 17.3. The first-order chi connectivity index (χ1) is 17.6. The molecule has 0 bridgehead atoms. The van der Waals surface area contributed by atoms with Crippen LogP contribution in [0.15, 0.2) is 55.6 Å². The van der Waals surface area contributed by atoms with Crippen molar-refractivity contribution < 1.29 is 14.3 Å². The molecule has 184 valence electrons. The summed E-state index contributed by atoms with van der Waals surface area (Å²) in [5.74, 6) is 0.557. The zero-order valence-electron chi connectivity index (χ0n) is 19.6. The van der Waals surface area contributed by atoms with E-state index in [0.29, 0.717) is 47.4 Å². The van der Waals surface area contributed by atoms with Crippen molar-refractivity contribution in [3.63, 3.8) is 0 Å². The van der Waals surface area contributed by atoms with E-state index in [0.717, 1.165) is 18.4 Å². The van der Waals surface area contributed by atoms with E-state index in [1.54, 1.807) is 54.6 Å². The Bertz CT molecular complexity index is 1400. The molecule has 0 unspecified atom stereocenters. The van der Waals surface area contributed by atoms with Gasteiger partial charge in [-0.05, 0) is 43.2 Å². The van der Waals surface area contributed by atoms with Crippen molar-refractivity contribution in [3.05, 3.63) is 61.2 Å². The van der Waals surface area contributed by atoms with Crippen LogP contribution in [-0.2, 0) is 4.79 Å². The first-order valence-electron chi connectivity index (χ1n) is 11.4. The summed E-state index contributed by atoms with van der Waals surface area (Å²) in [6.45, 7) is 4.61. The van der Waals surface area contributed by atoms with Gasteiger partial charge in [-0.2, -0.15) is 14.6 Å². The summed E-state index contributed by atoms with van der Waals surface area (Å²) in [6.07, 6.45) is 7.89. The van der Waals surface area contributed by atoms with Crippen molar-refractivity contribution in [1.82, 2.24) is 34.7 Å². The Kier molecular flexibility index (Phi) is 6.31. The quantitative estimate of drug-likeness (QED) is 0.337. The van der Waals surface area contributed by atoms with Crippen molar-refractivity contribution in [2.75, 3.05) is 30.8 Å². The number of aromatic nitrogens is 6. The monoisotopic (exact) mass is 487 g/mol. The minimum Gasteiger partial charge on any atom is -0.491 e. The maximum Gasteiger partial charge on any atom is 0.253 e. The molecule has 1 atom stereocenters. The second-order valence-electron chi connectivity index (χ2n) is 8.32. The Morgan fingerprint density at radius 1 is 1.28 bits per heavy atom. The molecule has 0 aliphatic carbocycles. The predicted octanol–water partition coefficient (Wildman–Crippen LogP) is 2.36. The number of likely N-dealkylation sites (tertiary alicyclic amines) is 1. The lowest BCUT2D eigenvalue weighted by Crippen LogP contribution is -2.45. The van der Waals surface area contributed by atoms with Gasteiger partial charge in [-0.3, -0.25) is 14.7 Å². The summed E-state index contributed by atoms with van der Waals surface area (Å²) in [6, 6.07) is 6.80. The average molecular weight is 488 g/mol. The van der Waals surface area contributed by atoms with E-state index in [9.17, 15) is 9.59 Å². The lowest BCUT2D eigenvalue weighted by molar-refractivity contribution is -0.111. The molecule has 36 heavy (non-hydrogen) atoms. The van der Waals surface area contributed by atoms with Crippen LogP contribution in [0.4, 0.5) is 11.6 Å². The highest BCUT2D eigenvalue weighted by molar-refractivity contribution is 5.99. The summed E-state index contributed by atoms with van der Waals surface area (Å²) >= 11 is 0. The molecule has 1 fully saturated rings. The third-order valence-corrected chi connectivity index (χ3v) is 5.95. The third-order valence-electron chi connectivity index (χ3n) is 5.95. The number of ether oxygens (including phenoxy) is 1. The standard InChI is InChI=1S/C24H25N9O3/c1-3-19(34)28-17-8-6-15(7-9-17)23(35)32-10-4-5-18(13-32)29-24-30-22-21(36-2)20(16-11-26-27-12-16)25-14-33(22)31-24/h3,6-9,11-12,14,18H,1,4-5,10,13H2,2H3,(H,26,27)(H,28,34)(H,29,31)/t18-/m1/s1. The van der Waals surface area contributed by atoms with E-state index in [1.165, 1.54) is 6.08 Å². The summed E-state index contributed by atoms with van der Waals surface area (Å²) < 4.78 is 7.14. The van der Waals surface area contributed by atoms with Crippen molar-refractivity contribution in [1.29, 1.82) is 0 Å². The van der Waals surface area contributed by atoms with E-state index in [1.807, 2.05) is 4.90 Å². The van der Waals surface area contributed by atoms with Crippen LogP contribution in [0.1, 0.15) is 23.2 Å². The number of H-pyrrole nitrogens is 1. The lowest BCUT2D eigenvalue weighted by Gasteiger charge is -2.33. The average Bonchev–Trinajstić information content (AvgIpc) is 3.58. The van der Waals surface area contributed by atoms with Crippen LogP contribution < -0.4 is 15.4 Å². The van der Waals surface area contributed by atoms with Crippen LogP contribution in [0.2, 0.25) is 0 Å². The van der Waals surface area contributed by atoms with Gasteiger partial charge in [0.05, 0.1) is 13.3 Å². The predicted molar refractivity (Wildman–Crippen MR) is 133 cm³/mol. The van der Waals surface area contributed by atoms with Crippen molar-refractivity contribution >= 4 is 29.1 Å². The highest BCUT2D eigenvalue weighted by Gasteiger charge is 2.26. The fraction of sp³-hybridized carbons (Fsp3) is 0.250. The van der Waals surface area contributed by atoms with Gasteiger partial charge in [-0.25, -0.2) is 4.98 Å².